The van der Waals surface area contributed by atoms with Crippen molar-refractivity contribution in [2.24, 2.45) is 0 Å². The van der Waals surface area contributed by atoms with E-state index in [0.29, 0.717) is 12.8 Å². The Hall–Kier alpha value is -1.58. The van der Waals surface area contributed by atoms with E-state index in [4.69, 9.17) is 0 Å². The highest BCUT2D eigenvalue weighted by molar-refractivity contribution is 5.69. The zero-order valence-electron chi connectivity index (χ0n) is 9.24. The maximum absolute atomic E-state index is 11.0. The first-order valence-electron chi connectivity index (χ1n) is 4.79. The van der Waals surface area contributed by atoms with E-state index >= 15 is 0 Å². The Morgan fingerprint density at radius 1 is 1.53 bits per heavy atom. The molecule has 0 aliphatic carbocycles. The van der Waals surface area contributed by atoms with Crippen molar-refractivity contribution in [2.75, 3.05) is 7.11 Å². The van der Waals surface area contributed by atoms with Crippen molar-refractivity contribution >= 4 is 12.4 Å². The first kappa shape index (κ1) is 11.5. The van der Waals surface area contributed by atoms with Gasteiger partial charge >= 0.3 is 5.97 Å². The van der Waals surface area contributed by atoms with Gasteiger partial charge in [-0.2, -0.15) is 0 Å². The molecule has 1 rings (SSSR count). The highest BCUT2D eigenvalue weighted by Crippen LogP contribution is 2.17. The number of aryl methyl sites for hydroxylation is 1. The lowest BCUT2D eigenvalue weighted by atomic mass is 10.1. The zero-order chi connectivity index (χ0) is 11.4. The second kappa shape index (κ2) is 4.77. The zero-order valence-corrected chi connectivity index (χ0v) is 9.24. The van der Waals surface area contributed by atoms with Crippen molar-refractivity contribution in [2.45, 2.75) is 26.7 Å². The Kier molecular flexibility index (Phi) is 3.66. The molecule has 1 heterocycles. The van der Waals surface area contributed by atoms with Gasteiger partial charge in [-0.05, 0) is 31.4 Å². The first-order valence-corrected chi connectivity index (χ1v) is 4.79. The van der Waals surface area contributed by atoms with Crippen molar-refractivity contribution in [1.82, 2.24) is 4.57 Å². The third-order valence-electron chi connectivity index (χ3n) is 2.55. The predicted octanol–water partition coefficient (Wildman–Crippen LogP) is 1.25. The molecule has 0 saturated heterocycles. The van der Waals surface area contributed by atoms with E-state index in [1.807, 2.05) is 13.8 Å². The largest absolute Gasteiger partial charge is 0.469 e. The highest BCUT2D eigenvalue weighted by Gasteiger charge is 2.10. The molecule has 0 aliphatic rings. The Labute approximate surface area is 88.8 Å². The van der Waals surface area contributed by atoms with Crippen LogP contribution in [0, 0.1) is 13.8 Å². The summed E-state index contributed by atoms with van der Waals surface area (Å²) >= 11 is 0. The molecule has 15 heavy (non-hydrogen) atoms. The Balaban J connectivity index is 2.80. The van der Waals surface area contributed by atoms with Crippen molar-refractivity contribution in [3.05, 3.63) is 23.0 Å². The number of aromatic nitrogens is 1. The molecule has 0 aromatic carbocycles. The minimum absolute atomic E-state index is 0.229. The standard InChI is InChI=1S/C11H15NO3/c1-8-6-12(7-13)9(2)10(8)4-5-11(14)15-3/h6-7H,4-5H2,1-3H3. The number of carbonyl (C=O) groups excluding carboxylic acids is 2. The second-order valence-electron chi connectivity index (χ2n) is 3.46. The number of ether oxygens (including phenoxy) is 1. The Morgan fingerprint density at radius 3 is 2.67 bits per heavy atom. The molecule has 4 heteroatoms. The van der Waals surface area contributed by atoms with E-state index in [0.717, 1.165) is 23.2 Å². The molecule has 0 bridgehead atoms. The molecule has 0 atom stereocenters. The summed E-state index contributed by atoms with van der Waals surface area (Å²) in [6.45, 7) is 3.80. The number of hydrogen-bond acceptors (Lipinski definition) is 3. The minimum atomic E-state index is -0.229. The molecule has 0 aliphatic heterocycles. The Bertz CT molecular complexity index is 379. The topological polar surface area (TPSA) is 48.3 Å². The molecule has 0 N–H and O–H groups in total. The third-order valence-corrected chi connectivity index (χ3v) is 2.55. The Morgan fingerprint density at radius 2 is 2.20 bits per heavy atom. The van der Waals surface area contributed by atoms with Crippen LogP contribution in [0.4, 0.5) is 0 Å². The number of carbonyl (C=O) groups is 2. The van der Waals surface area contributed by atoms with Gasteiger partial charge in [0, 0.05) is 18.3 Å². The van der Waals surface area contributed by atoms with Gasteiger partial charge in [0.25, 0.3) is 0 Å². The summed E-state index contributed by atoms with van der Waals surface area (Å²) in [5.41, 5.74) is 2.97. The van der Waals surface area contributed by atoms with Crippen LogP contribution < -0.4 is 0 Å². The van der Waals surface area contributed by atoms with Gasteiger partial charge in [0.1, 0.15) is 0 Å². The molecular weight excluding hydrogens is 194 g/mol. The lowest BCUT2D eigenvalue weighted by molar-refractivity contribution is -0.140. The van der Waals surface area contributed by atoms with Crippen LogP contribution in [0.3, 0.4) is 0 Å². The van der Waals surface area contributed by atoms with Crippen LogP contribution in [0.5, 0.6) is 0 Å². The molecule has 4 nitrogen and oxygen atoms in total. The highest BCUT2D eigenvalue weighted by atomic mass is 16.5. The summed E-state index contributed by atoms with van der Waals surface area (Å²) in [7, 11) is 1.37. The quantitative estimate of drug-likeness (QED) is 0.554. The molecule has 0 radical (unpaired) electrons. The molecule has 1 aromatic rings. The normalized spacial score (nSPS) is 10.1. The average molecular weight is 209 g/mol. The van der Waals surface area contributed by atoms with Gasteiger partial charge in [0.2, 0.25) is 6.41 Å². The second-order valence-corrected chi connectivity index (χ2v) is 3.46. The summed E-state index contributed by atoms with van der Waals surface area (Å²) in [5.74, 6) is -0.229. The van der Waals surface area contributed by atoms with E-state index < -0.39 is 0 Å². The molecule has 0 spiro atoms. The molecule has 0 saturated carbocycles. The van der Waals surface area contributed by atoms with Gasteiger partial charge in [-0.15, -0.1) is 0 Å². The molecule has 1 aromatic heterocycles. The van der Waals surface area contributed by atoms with Crippen LogP contribution in [0.15, 0.2) is 6.20 Å². The summed E-state index contributed by atoms with van der Waals surface area (Å²) in [5, 5.41) is 0. The SMILES string of the molecule is COC(=O)CCc1c(C)cn(C=O)c1C. The lowest BCUT2D eigenvalue weighted by Gasteiger charge is -2.02. The summed E-state index contributed by atoms with van der Waals surface area (Å²) in [4.78, 5) is 21.6. The van der Waals surface area contributed by atoms with Crippen molar-refractivity contribution in [1.29, 1.82) is 0 Å². The number of methoxy groups -OCH3 is 1. The van der Waals surface area contributed by atoms with E-state index in [2.05, 4.69) is 4.74 Å². The van der Waals surface area contributed by atoms with Gasteiger partial charge in [-0.25, -0.2) is 0 Å². The van der Waals surface area contributed by atoms with E-state index in [1.165, 1.54) is 11.7 Å². The van der Waals surface area contributed by atoms with Crippen molar-refractivity contribution in [3.63, 3.8) is 0 Å². The van der Waals surface area contributed by atoms with Gasteiger partial charge in [-0.3, -0.25) is 14.2 Å². The number of rotatable bonds is 4. The van der Waals surface area contributed by atoms with Gasteiger partial charge in [0.15, 0.2) is 0 Å². The van der Waals surface area contributed by atoms with Crippen LogP contribution in [-0.4, -0.2) is 24.1 Å². The van der Waals surface area contributed by atoms with Crippen LogP contribution in [0.1, 0.15) is 23.2 Å². The van der Waals surface area contributed by atoms with E-state index in [-0.39, 0.29) is 5.97 Å². The molecular formula is C11H15NO3. The molecule has 82 valence electrons. The maximum Gasteiger partial charge on any atom is 0.305 e. The predicted molar refractivity (Wildman–Crippen MR) is 56.4 cm³/mol. The fraction of sp³-hybridized carbons (Fsp3) is 0.455. The number of nitrogens with zero attached hydrogens (tertiary/aromatic N) is 1. The van der Waals surface area contributed by atoms with Crippen LogP contribution in [-0.2, 0) is 20.7 Å². The first-order chi connectivity index (χ1) is 7.10. The van der Waals surface area contributed by atoms with Crippen LogP contribution >= 0.6 is 0 Å². The summed E-state index contributed by atoms with van der Waals surface area (Å²) in [6, 6.07) is 0. The lowest BCUT2D eigenvalue weighted by Crippen LogP contribution is -2.03. The van der Waals surface area contributed by atoms with Crippen LogP contribution in [0.2, 0.25) is 0 Å². The third kappa shape index (κ3) is 2.46. The van der Waals surface area contributed by atoms with Crippen LogP contribution in [0.25, 0.3) is 0 Å². The smallest absolute Gasteiger partial charge is 0.305 e. The number of hydrogen-bond donors (Lipinski definition) is 0. The summed E-state index contributed by atoms with van der Waals surface area (Å²) in [6.07, 6.45) is 3.51. The molecule has 0 unspecified atom stereocenters. The van der Waals surface area contributed by atoms with Gasteiger partial charge in [-0.1, -0.05) is 0 Å². The van der Waals surface area contributed by atoms with Crippen molar-refractivity contribution in [3.8, 4) is 0 Å². The average Bonchev–Trinajstić information content (AvgIpc) is 2.51. The minimum Gasteiger partial charge on any atom is -0.469 e. The van der Waals surface area contributed by atoms with Gasteiger partial charge in [0.05, 0.1) is 7.11 Å². The van der Waals surface area contributed by atoms with Gasteiger partial charge < -0.3 is 4.74 Å². The van der Waals surface area contributed by atoms with Crippen molar-refractivity contribution < 1.29 is 14.3 Å². The van der Waals surface area contributed by atoms with E-state index in [1.54, 1.807) is 6.20 Å². The maximum atomic E-state index is 11.0. The fourth-order valence-corrected chi connectivity index (χ4v) is 1.64. The number of esters is 1. The molecule has 0 amide bonds. The monoisotopic (exact) mass is 209 g/mol. The molecule has 0 fully saturated rings. The fourth-order valence-electron chi connectivity index (χ4n) is 1.64. The van der Waals surface area contributed by atoms with E-state index in [9.17, 15) is 9.59 Å². The summed E-state index contributed by atoms with van der Waals surface area (Å²) < 4.78 is 6.10.